The number of aliphatic imine (C=N–C) groups is 1. The lowest BCUT2D eigenvalue weighted by atomic mass is 10.1. The molecule has 4 rings (SSSR count). The molecule has 2 saturated heterocycles. The molecule has 2 aromatic rings. The molecule has 2 aromatic carbocycles. The van der Waals surface area contributed by atoms with Crippen LogP contribution in [0.2, 0.25) is 0 Å². The Kier molecular flexibility index (Phi) is 8.34. The Labute approximate surface area is 200 Å². The third kappa shape index (κ3) is 5.78. The van der Waals surface area contributed by atoms with Gasteiger partial charge in [0.25, 0.3) is 0 Å². The van der Waals surface area contributed by atoms with Crippen LogP contribution in [-0.2, 0) is 0 Å². The number of guanidine groups is 1. The molecule has 1 atom stereocenters. The van der Waals surface area contributed by atoms with Gasteiger partial charge in [-0.2, -0.15) is 0 Å². The summed E-state index contributed by atoms with van der Waals surface area (Å²) in [5.74, 6) is 0.668. The topological polar surface area (TPSA) is 34.1 Å². The largest absolute Gasteiger partial charge is 0.371 e. The molecule has 0 saturated carbocycles. The van der Waals surface area contributed by atoms with Crippen LogP contribution in [0.15, 0.2) is 53.5 Å². The van der Waals surface area contributed by atoms with E-state index in [2.05, 4.69) is 44.4 Å². The third-order valence-corrected chi connectivity index (χ3v) is 6.00. The minimum Gasteiger partial charge on any atom is -0.371 e. The summed E-state index contributed by atoms with van der Waals surface area (Å²) >= 11 is 0. The highest BCUT2D eigenvalue weighted by molar-refractivity contribution is 14.0. The minimum absolute atomic E-state index is 0. The van der Waals surface area contributed by atoms with Crippen LogP contribution in [0.4, 0.5) is 20.2 Å². The standard InChI is InChI=1S/C23H29F2N5.HI/c1-26-23(27-16-18-9-10-30(17-18)20-5-3-2-4-6-20)29-13-11-28(12-14-29)22-15-19(24)7-8-21(22)25;/h2-8,15,18H,9-14,16-17H2,1H3,(H,26,27);1H. The van der Waals surface area contributed by atoms with Gasteiger partial charge in [0.15, 0.2) is 5.96 Å². The molecule has 1 N–H and O–H groups in total. The normalized spacial score (nSPS) is 19.4. The van der Waals surface area contributed by atoms with Gasteiger partial charge >= 0.3 is 0 Å². The summed E-state index contributed by atoms with van der Waals surface area (Å²) in [6.45, 7) is 5.70. The zero-order chi connectivity index (χ0) is 20.9. The second-order valence-electron chi connectivity index (χ2n) is 7.93. The van der Waals surface area contributed by atoms with Crippen molar-refractivity contribution in [2.45, 2.75) is 6.42 Å². The van der Waals surface area contributed by atoms with E-state index in [0.29, 0.717) is 24.7 Å². The molecule has 31 heavy (non-hydrogen) atoms. The van der Waals surface area contributed by atoms with E-state index in [1.165, 1.54) is 17.8 Å². The molecule has 2 fully saturated rings. The maximum absolute atomic E-state index is 14.1. The Bertz CT molecular complexity index is 872. The van der Waals surface area contributed by atoms with Crippen LogP contribution < -0.4 is 15.1 Å². The molecule has 0 aliphatic carbocycles. The van der Waals surface area contributed by atoms with E-state index in [0.717, 1.165) is 51.2 Å². The molecular weight excluding hydrogens is 511 g/mol. The van der Waals surface area contributed by atoms with Crippen molar-refractivity contribution in [3.8, 4) is 0 Å². The molecule has 0 aromatic heterocycles. The van der Waals surface area contributed by atoms with Crippen molar-refractivity contribution in [2.75, 3.05) is 62.7 Å². The minimum atomic E-state index is -0.410. The number of anilines is 2. The van der Waals surface area contributed by atoms with Crippen LogP contribution in [0, 0.1) is 17.6 Å². The summed E-state index contributed by atoms with van der Waals surface area (Å²) in [5.41, 5.74) is 1.62. The van der Waals surface area contributed by atoms with Crippen LogP contribution in [-0.4, -0.2) is 63.7 Å². The van der Waals surface area contributed by atoms with E-state index < -0.39 is 5.82 Å². The summed E-state index contributed by atoms with van der Waals surface area (Å²) in [5, 5.41) is 3.52. The number of hydrogen-bond donors (Lipinski definition) is 1. The number of hydrogen-bond acceptors (Lipinski definition) is 3. The summed E-state index contributed by atoms with van der Waals surface area (Å²) < 4.78 is 27.6. The highest BCUT2D eigenvalue weighted by Gasteiger charge is 2.25. The molecule has 2 aliphatic heterocycles. The first-order valence-electron chi connectivity index (χ1n) is 10.6. The molecule has 168 valence electrons. The van der Waals surface area contributed by atoms with E-state index in [1.54, 1.807) is 7.05 Å². The predicted molar refractivity (Wildman–Crippen MR) is 134 cm³/mol. The lowest BCUT2D eigenvalue weighted by Gasteiger charge is -2.38. The fourth-order valence-corrected chi connectivity index (χ4v) is 4.33. The molecule has 8 heteroatoms. The Morgan fingerprint density at radius 3 is 2.45 bits per heavy atom. The molecule has 1 unspecified atom stereocenters. The van der Waals surface area contributed by atoms with E-state index in [1.807, 2.05) is 11.0 Å². The number of halogens is 3. The van der Waals surface area contributed by atoms with E-state index in [9.17, 15) is 8.78 Å². The SMILES string of the molecule is CN=C(NCC1CCN(c2ccccc2)C1)N1CCN(c2cc(F)ccc2F)CC1.I. The van der Waals surface area contributed by atoms with Gasteiger partial charge < -0.3 is 20.0 Å². The number of para-hydroxylation sites is 1. The number of piperazine rings is 1. The zero-order valence-electron chi connectivity index (χ0n) is 17.8. The number of benzene rings is 2. The average Bonchev–Trinajstić information content (AvgIpc) is 3.26. The molecule has 0 bridgehead atoms. The maximum Gasteiger partial charge on any atom is 0.193 e. The van der Waals surface area contributed by atoms with Crippen LogP contribution in [0.25, 0.3) is 0 Å². The van der Waals surface area contributed by atoms with Gasteiger partial charge in [-0.15, -0.1) is 24.0 Å². The quantitative estimate of drug-likeness (QED) is 0.363. The lowest BCUT2D eigenvalue weighted by Crippen LogP contribution is -2.53. The predicted octanol–water partition coefficient (Wildman–Crippen LogP) is 3.81. The second kappa shape index (κ2) is 11.0. The van der Waals surface area contributed by atoms with Crippen molar-refractivity contribution in [1.82, 2.24) is 10.2 Å². The van der Waals surface area contributed by atoms with E-state index in [-0.39, 0.29) is 29.8 Å². The molecule has 2 aliphatic rings. The van der Waals surface area contributed by atoms with Gasteiger partial charge in [-0.25, -0.2) is 8.78 Å². The molecule has 2 heterocycles. The van der Waals surface area contributed by atoms with Gasteiger partial charge in [-0.1, -0.05) is 18.2 Å². The molecule has 0 radical (unpaired) electrons. The number of rotatable bonds is 4. The average molecular weight is 541 g/mol. The first-order chi connectivity index (χ1) is 14.6. The fraction of sp³-hybridized carbons (Fsp3) is 0.435. The van der Waals surface area contributed by atoms with Gasteiger partial charge in [-0.3, -0.25) is 4.99 Å². The van der Waals surface area contributed by atoms with Crippen molar-refractivity contribution in [2.24, 2.45) is 10.9 Å². The van der Waals surface area contributed by atoms with Crippen LogP contribution in [0.1, 0.15) is 6.42 Å². The third-order valence-electron chi connectivity index (χ3n) is 6.00. The van der Waals surface area contributed by atoms with Crippen molar-refractivity contribution in [3.05, 3.63) is 60.2 Å². The van der Waals surface area contributed by atoms with Gasteiger partial charge in [-0.05, 0) is 36.6 Å². The van der Waals surface area contributed by atoms with Crippen molar-refractivity contribution in [3.63, 3.8) is 0 Å². The van der Waals surface area contributed by atoms with Gasteiger partial charge in [0.05, 0.1) is 5.69 Å². The Balaban J connectivity index is 0.00000272. The Morgan fingerprint density at radius 1 is 1.00 bits per heavy atom. The van der Waals surface area contributed by atoms with Gasteiger partial charge in [0, 0.05) is 64.6 Å². The highest BCUT2D eigenvalue weighted by atomic mass is 127. The van der Waals surface area contributed by atoms with Crippen molar-refractivity contribution >= 4 is 41.3 Å². The fourth-order valence-electron chi connectivity index (χ4n) is 4.33. The summed E-state index contributed by atoms with van der Waals surface area (Å²) in [6.07, 6.45) is 1.16. The van der Waals surface area contributed by atoms with Crippen LogP contribution >= 0.6 is 24.0 Å². The lowest BCUT2D eigenvalue weighted by molar-refractivity contribution is 0.367. The first kappa shape index (κ1) is 23.6. The summed E-state index contributed by atoms with van der Waals surface area (Å²) in [4.78, 5) is 11.0. The van der Waals surface area contributed by atoms with Crippen LogP contribution in [0.3, 0.4) is 0 Å². The zero-order valence-corrected chi connectivity index (χ0v) is 20.1. The molecule has 0 amide bonds. The van der Waals surface area contributed by atoms with Crippen molar-refractivity contribution < 1.29 is 8.78 Å². The Hall–Kier alpha value is -2.10. The van der Waals surface area contributed by atoms with Gasteiger partial charge in [0.1, 0.15) is 11.6 Å². The van der Waals surface area contributed by atoms with Gasteiger partial charge in [0.2, 0.25) is 0 Å². The van der Waals surface area contributed by atoms with E-state index in [4.69, 9.17) is 0 Å². The van der Waals surface area contributed by atoms with Crippen molar-refractivity contribution in [1.29, 1.82) is 0 Å². The van der Waals surface area contributed by atoms with Crippen LogP contribution in [0.5, 0.6) is 0 Å². The smallest absolute Gasteiger partial charge is 0.193 e. The molecule has 0 spiro atoms. The monoisotopic (exact) mass is 541 g/mol. The maximum atomic E-state index is 14.1. The molecule has 5 nitrogen and oxygen atoms in total. The summed E-state index contributed by atoms with van der Waals surface area (Å²) in [7, 11) is 1.80. The summed E-state index contributed by atoms with van der Waals surface area (Å²) in [6, 6.07) is 14.2. The molecular formula is C23H30F2IN5. The Morgan fingerprint density at radius 2 is 1.74 bits per heavy atom. The number of nitrogens with zero attached hydrogens (tertiary/aromatic N) is 4. The first-order valence-corrected chi connectivity index (χ1v) is 10.6. The van der Waals surface area contributed by atoms with E-state index >= 15 is 0 Å². The highest BCUT2D eigenvalue weighted by Crippen LogP contribution is 2.24. The second-order valence-corrected chi connectivity index (χ2v) is 7.93. The number of nitrogens with one attached hydrogen (secondary N) is 1.